The standard InChI is InChI=1S/C14H23N/c1-3-4-5-6-8-13(2)14-9-7-11-15-12-10-14/h3,5-6,8,14-15H,1,4,7,9-12H2,2H3/b6-5?,13-8+. The van der Waals surface area contributed by atoms with E-state index in [0.29, 0.717) is 0 Å². The van der Waals surface area contributed by atoms with Crippen LogP contribution in [0.25, 0.3) is 0 Å². The van der Waals surface area contributed by atoms with Crippen LogP contribution in [-0.2, 0) is 0 Å². The van der Waals surface area contributed by atoms with Crippen molar-refractivity contribution in [3.8, 4) is 0 Å². The van der Waals surface area contributed by atoms with Gasteiger partial charge >= 0.3 is 0 Å². The first-order chi connectivity index (χ1) is 7.34. The van der Waals surface area contributed by atoms with E-state index >= 15 is 0 Å². The Bertz CT molecular complexity index is 230. The molecule has 15 heavy (non-hydrogen) atoms. The Kier molecular flexibility index (Phi) is 6.10. The summed E-state index contributed by atoms with van der Waals surface area (Å²) in [4.78, 5) is 0. The van der Waals surface area contributed by atoms with Crippen LogP contribution in [0.4, 0.5) is 0 Å². The molecule has 1 atom stereocenters. The van der Waals surface area contributed by atoms with Gasteiger partial charge in [-0.1, -0.05) is 29.9 Å². The third kappa shape index (κ3) is 4.98. The third-order valence-corrected chi connectivity index (χ3v) is 3.02. The van der Waals surface area contributed by atoms with Crippen molar-refractivity contribution >= 4 is 0 Å². The minimum Gasteiger partial charge on any atom is -0.317 e. The lowest BCUT2D eigenvalue weighted by molar-refractivity contribution is 0.545. The highest BCUT2D eigenvalue weighted by molar-refractivity contribution is 5.14. The fourth-order valence-corrected chi connectivity index (χ4v) is 2.01. The van der Waals surface area contributed by atoms with Gasteiger partial charge in [0.05, 0.1) is 0 Å². The van der Waals surface area contributed by atoms with Crippen LogP contribution in [0.15, 0.2) is 36.5 Å². The zero-order valence-corrected chi connectivity index (χ0v) is 9.84. The minimum absolute atomic E-state index is 0.786. The summed E-state index contributed by atoms with van der Waals surface area (Å²) in [5, 5.41) is 3.45. The zero-order valence-electron chi connectivity index (χ0n) is 9.84. The van der Waals surface area contributed by atoms with E-state index < -0.39 is 0 Å². The Morgan fingerprint density at radius 1 is 1.40 bits per heavy atom. The number of hydrogen-bond acceptors (Lipinski definition) is 1. The van der Waals surface area contributed by atoms with Gasteiger partial charge in [-0.05, 0) is 51.6 Å². The molecule has 0 aromatic heterocycles. The van der Waals surface area contributed by atoms with Crippen molar-refractivity contribution in [2.75, 3.05) is 13.1 Å². The average molecular weight is 205 g/mol. The van der Waals surface area contributed by atoms with E-state index in [4.69, 9.17) is 0 Å². The molecule has 1 unspecified atom stereocenters. The van der Waals surface area contributed by atoms with Crippen molar-refractivity contribution in [3.63, 3.8) is 0 Å². The molecule has 1 aliphatic rings. The van der Waals surface area contributed by atoms with Gasteiger partial charge in [-0.25, -0.2) is 0 Å². The van der Waals surface area contributed by atoms with Crippen molar-refractivity contribution < 1.29 is 0 Å². The largest absolute Gasteiger partial charge is 0.317 e. The molecule has 0 aliphatic carbocycles. The molecule has 0 aromatic rings. The number of rotatable bonds is 4. The predicted molar refractivity (Wildman–Crippen MR) is 67.9 cm³/mol. The van der Waals surface area contributed by atoms with E-state index in [1.807, 2.05) is 6.08 Å². The van der Waals surface area contributed by atoms with Crippen LogP contribution in [0.1, 0.15) is 32.6 Å². The monoisotopic (exact) mass is 205 g/mol. The van der Waals surface area contributed by atoms with Crippen LogP contribution in [0.5, 0.6) is 0 Å². The van der Waals surface area contributed by atoms with E-state index in [9.17, 15) is 0 Å². The van der Waals surface area contributed by atoms with Gasteiger partial charge in [-0.2, -0.15) is 0 Å². The van der Waals surface area contributed by atoms with Crippen molar-refractivity contribution in [1.82, 2.24) is 5.32 Å². The summed E-state index contributed by atoms with van der Waals surface area (Å²) in [5.41, 5.74) is 1.53. The molecule has 1 N–H and O–H groups in total. The highest BCUT2D eigenvalue weighted by atomic mass is 14.8. The van der Waals surface area contributed by atoms with E-state index in [-0.39, 0.29) is 0 Å². The molecule has 1 rings (SSSR count). The fourth-order valence-electron chi connectivity index (χ4n) is 2.01. The summed E-state index contributed by atoms with van der Waals surface area (Å²) in [6.45, 7) is 8.32. The molecular formula is C14H23N. The zero-order chi connectivity index (χ0) is 10.9. The predicted octanol–water partition coefficient (Wildman–Crippen LogP) is 3.45. The van der Waals surface area contributed by atoms with Gasteiger partial charge in [-0.15, -0.1) is 6.58 Å². The molecule has 1 fully saturated rings. The molecule has 0 bridgehead atoms. The highest BCUT2D eigenvalue weighted by Gasteiger charge is 2.12. The molecule has 1 saturated heterocycles. The van der Waals surface area contributed by atoms with Crippen LogP contribution in [0, 0.1) is 5.92 Å². The van der Waals surface area contributed by atoms with Crippen LogP contribution < -0.4 is 5.32 Å². The first kappa shape index (κ1) is 12.3. The molecule has 0 radical (unpaired) electrons. The smallest absolute Gasteiger partial charge is 0.00432 e. The average Bonchev–Trinajstić information content (AvgIpc) is 2.52. The van der Waals surface area contributed by atoms with E-state index in [1.165, 1.54) is 37.9 Å². The molecule has 1 heterocycles. The lowest BCUT2D eigenvalue weighted by Gasteiger charge is -2.13. The van der Waals surface area contributed by atoms with Gasteiger partial charge in [-0.3, -0.25) is 0 Å². The highest BCUT2D eigenvalue weighted by Crippen LogP contribution is 2.21. The van der Waals surface area contributed by atoms with Crippen molar-refractivity contribution in [2.24, 2.45) is 5.92 Å². The Morgan fingerprint density at radius 2 is 2.27 bits per heavy atom. The maximum absolute atomic E-state index is 3.70. The second-order valence-electron chi connectivity index (χ2n) is 4.24. The molecule has 0 amide bonds. The van der Waals surface area contributed by atoms with Crippen LogP contribution in [-0.4, -0.2) is 13.1 Å². The second-order valence-corrected chi connectivity index (χ2v) is 4.24. The van der Waals surface area contributed by atoms with Crippen molar-refractivity contribution in [2.45, 2.75) is 32.6 Å². The quantitative estimate of drug-likeness (QED) is 0.547. The molecule has 0 aromatic carbocycles. The molecule has 1 heteroatoms. The summed E-state index contributed by atoms with van der Waals surface area (Å²) in [5.74, 6) is 0.786. The molecule has 1 aliphatic heterocycles. The fraction of sp³-hybridized carbons (Fsp3) is 0.571. The van der Waals surface area contributed by atoms with Crippen molar-refractivity contribution in [1.29, 1.82) is 0 Å². The summed E-state index contributed by atoms with van der Waals surface area (Å²) >= 11 is 0. The summed E-state index contributed by atoms with van der Waals surface area (Å²) in [6.07, 6.45) is 13.4. The number of nitrogens with one attached hydrogen (secondary N) is 1. The van der Waals surface area contributed by atoms with Gasteiger partial charge in [0.15, 0.2) is 0 Å². The normalized spacial score (nSPS) is 24.1. The lowest BCUT2D eigenvalue weighted by Crippen LogP contribution is -2.14. The van der Waals surface area contributed by atoms with E-state index in [0.717, 1.165) is 12.3 Å². The number of allylic oxidation sites excluding steroid dienone is 5. The molecule has 84 valence electrons. The Hall–Kier alpha value is -0.820. The molecular weight excluding hydrogens is 182 g/mol. The molecule has 0 saturated carbocycles. The van der Waals surface area contributed by atoms with Gasteiger partial charge in [0, 0.05) is 0 Å². The van der Waals surface area contributed by atoms with Gasteiger partial charge in [0.2, 0.25) is 0 Å². The maximum Gasteiger partial charge on any atom is -0.00432 e. The summed E-state index contributed by atoms with van der Waals surface area (Å²) in [6, 6.07) is 0. The van der Waals surface area contributed by atoms with Crippen LogP contribution >= 0.6 is 0 Å². The van der Waals surface area contributed by atoms with Crippen LogP contribution in [0.3, 0.4) is 0 Å². The number of hydrogen-bond donors (Lipinski definition) is 1. The van der Waals surface area contributed by atoms with Crippen LogP contribution in [0.2, 0.25) is 0 Å². The Morgan fingerprint density at radius 3 is 3.07 bits per heavy atom. The van der Waals surface area contributed by atoms with Crippen molar-refractivity contribution in [3.05, 3.63) is 36.5 Å². The van der Waals surface area contributed by atoms with Gasteiger partial charge < -0.3 is 5.32 Å². The minimum atomic E-state index is 0.786. The first-order valence-corrected chi connectivity index (χ1v) is 5.99. The topological polar surface area (TPSA) is 12.0 Å². The first-order valence-electron chi connectivity index (χ1n) is 5.99. The lowest BCUT2D eigenvalue weighted by atomic mass is 9.92. The maximum atomic E-state index is 3.70. The van der Waals surface area contributed by atoms with Gasteiger partial charge in [0.25, 0.3) is 0 Å². The third-order valence-electron chi connectivity index (χ3n) is 3.02. The summed E-state index contributed by atoms with van der Waals surface area (Å²) in [7, 11) is 0. The SMILES string of the molecule is C=CCC=C/C=C(\C)C1CCCNCC1. The van der Waals surface area contributed by atoms with Gasteiger partial charge in [0.1, 0.15) is 0 Å². The second kappa shape index (κ2) is 7.47. The Labute approximate surface area is 94.0 Å². The van der Waals surface area contributed by atoms with E-state index in [1.54, 1.807) is 0 Å². The molecule has 0 spiro atoms. The van der Waals surface area contributed by atoms with E-state index in [2.05, 4.69) is 37.0 Å². The Balaban J connectivity index is 2.42. The summed E-state index contributed by atoms with van der Waals surface area (Å²) < 4.78 is 0. The molecule has 1 nitrogen and oxygen atoms in total.